The van der Waals surface area contributed by atoms with Crippen molar-refractivity contribution >= 4 is 35.0 Å². The number of halogens is 1. The first-order valence-corrected chi connectivity index (χ1v) is 11.9. The fourth-order valence-electron chi connectivity index (χ4n) is 3.91. The van der Waals surface area contributed by atoms with Gasteiger partial charge in [-0.3, -0.25) is 9.36 Å². The van der Waals surface area contributed by atoms with Crippen molar-refractivity contribution in [2.24, 2.45) is 4.99 Å². The van der Waals surface area contributed by atoms with Crippen LogP contribution in [0.15, 0.2) is 57.5 Å². The molecule has 4 rings (SSSR count). The van der Waals surface area contributed by atoms with Crippen molar-refractivity contribution in [1.82, 2.24) is 4.57 Å². The predicted octanol–water partition coefficient (Wildman–Crippen LogP) is 3.17. The van der Waals surface area contributed by atoms with Gasteiger partial charge in [-0.1, -0.05) is 29.0 Å². The molecule has 0 spiro atoms. The quantitative estimate of drug-likeness (QED) is 0.507. The first-order valence-electron chi connectivity index (χ1n) is 10.7. The topological polar surface area (TPSA) is 99.4 Å². The maximum Gasteiger partial charge on any atom is 0.338 e. The van der Waals surface area contributed by atoms with Crippen molar-refractivity contribution in [3.05, 3.63) is 83.5 Å². The van der Waals surface area contributed by atoms with Crippen molar-refractivity contribution in [3.63, 3.8) is 0 Å². The second-order valence-electron chi connectivity index (χ2n) is 7.62. The number of aromatic nitrogens is 1. The molecule has 35 heavy (non-hydrogen) atoms. The van der Waals surface area contributed by atoms with Crippen LogP contribution >= 0.6 is 22.9 Å². The Morgan fingerprint density at radius 3 is 2.63 bits per heavy atom. The van der Waals surface area contributed by atoms with Gasteiger partial charge in [0.1, 0.15) is 5.75 Å². The van der Waals surface area contributed by atoms with Crippen LogP contribution in [0, 0.1) is 0 Å². The number of methoxy groups -OCH3 is 2. The van der Waals surface area contributed by atoms with Gasteiger partial charge in [0.05, 0.1) is 42.7 Å². The number of thiazole rings is 1. The van der Waals surface area contributed by atoms with Crippen LogP contribution in [0.1, 0.15) is 31.0 Å². The lowest BCUT2D eigenvalue weighted by Gasteiger charge is -2.25. The molecular formula is C25H23ClN2O6S. The molecule has 0 saturated heterocycles. The molecule has 1 aromatic heterocycles. The van der Waals surface area contributed by atoms with Crippen LogP contribution in [0.3, 0.4) is 0 Å². The summed E-state index contributed by atoms with van der Waals surface area (Å²) in [5.74, 6) is 0.391. The Bertz CT molecular complexity index is 1520. The maximum atomic E-state index is 13.6. The molecule has 1 unspecified atom stereocenters. The van der Waals surface area contributed by atoms with Crippen LogP contribution in [0.2, 0.25) is 5.02 Å². The second kappa shape index (κ2) is 9.97. The molecule has 1 atom stereocenters. The summed E-state index contributed by atoms with van der Waals surface area (Å²) in [7, 11) is 3.04. The van der Waals surface area contributed by atoms with E-state index in [4.69, 9.17) is 25.8 Å². The van der Waals surface area contributed by atoms with Gasteiger partial charge in [0.2, 0.25) is 0 Å². The Hall–Kier alpha value is -3.56. The Kier molecular flexibility index (Phi) is 7.00. The van der Waals surface area contributed by atoms with Crippen LogP contribution < -0.4 is 24.4 Å². The zero-order chi connectivity index (χ0) is 25.3. The highest BCUT2D eigenvalue weighted by atomic mass is 35.5. The predicted molar refractivity (Wildman–Crippen MR) is 133 cm³/mol. The summed E-state index contributed by atoms with van der Waals surface area (Å²) in [4.78, 5) is 31.6. The van der Waals surface area contributed by atoms with Gasteiger partial charge in [-0.2, -0.15) is 0 Å². The third-order valence-electron chi connectivity index (χ3n) is 5.52. The fraction of sp³-hybridized carbons (Fsp3) is 0.240. The summed E-state index contributed by atoms with van der Waals surface area (Å²) >= 11 is 7.22. The summed E-state index contributed by atoms with van der Waals surface area (Å²) < 4.78 is 17.9. The first-order chi connectivity index (χ1) is 16.8. The number of ether oxygens (including phenoxy) is 3. The number of fused-ring (bicyclic) bond motifs is 1. The molecular weight excluding hydrogens is 492 g/mol. The first kappa shape index (κ1) is 24.6. The van der Waals surface area contributed by atoms with E-state index in [2.05, 4.69) is 4.99 Å². The highest BCUT2D eigenvalue weighted by molar-refractivity contribution is 7.07. The van der Waals surface area contributed by atoms with Crippen LogP contribution in [0.5, 0.6) is 17.2 Å². The van der Waals surface area contributed by atoms with E-state index in [-0.39, 0.29) is 23.5 Å². The van der Waals surface area contributed by atoms with E-state index in [0.29, 0.717) is 42.7 Å². The highest BCUT2D eigenvalue weighted by Crippen LogP contribution is 2.36. The number of rotatable bonds is 6. The number of carbonyl (C=O) groups is 1. The number of benzene rings is 2. The molecule has 0 aliphatic carbocycles. The lowest BCUT2D eigenvalue weighted by Crippen LogP contribution is -2.40. The molecule has 0 radical (unpaired) electrons. The van der Waals surface area contributed by atoms with Gasteiger partial charge in [0.25, 0.3) is 5.56 Å². The number of allylic oxidation sites excluding steroid dienone is 1. The van der Waals surface area contributed by atoms with Gasteiger partial charge in [0, 0.05) is 10.6 Å². The monoisotopic (exact) mass is 514 g/mol. The summed E-state index contributed by atoms with van der Waals surface area (Å²) in [5, 5.41) is 10.7. The third-order valence-corrected chi connectivity index (χ3v) is 6.73. The number of carbonyl (C=O) groups excluding carboxylic acids is 1. The molecule has 1 aliphatic heterocycles. The smallest absolute Gasteiger partial charge is 0.338 e. The number of esters is 1. The zero-order valence-electron chi connectivity index (χ0n) is 19.5. The molecule has 10 heteroatoms. The largest absolute Gasteiger partial charge is 0.507 e. The minimum absolute atomic E-state index is 0.0138. The van der Waals surface area contributed by atoms with Crippen LogP contribution in [-0.4, -0.2) is 36.5 Å². The highest BCUT2D eigenvalue weighted by Gasteiger charge is 2.34. The third kappa shape index (κ3) is 4.56. The minimum Gasteiger partial charge on any atom is -0.507 e. The van der Waals surface area contributed by atoms with Gasteiger partial charge in [0.15, 0.2) is 16.3 Å². The number of phenols is 1. The van der Waals surface area contributed by atoms with E-state index in [0.717, 1.165) is 11.3 Å². The van der Waals surface area contributed by atoms with E-state index in [1.54, 1.807) is 50.3 Å². The fourth-order valence-corrected chi connectivity index (χ4v) is 5.13. The van der Waals surface area contributed by atoms with Crippen molar-refractivity contribution in [2.45, 2.75) is 19.9 Å². The molecule has 182 valence electrons. The van der Waals surface area contributed by atoms with Crippen LogP contribution in [0.4, 0.5) is 0 Å². The molecule has 8 nitrogen and oxygen atoms in total. The van der Waals surface area contributed by atoms with E-state index >= 15 is 0 Å². The normalized spacial score (nSPS) is 15.5. The summed E-state index contributed by atoms with van der Waals surface area (Å²) in [5.41, 5.74) is 1.34. The second-order valence-corrected chi connectivity index (χ2v) is 9.07. The average Bonchev–Trinajstić information content (AvgIpc) is 3.14. The number of hydrogen-bond donors (Lipinski definition) is 1. The van der Waals surface area contributed by atoms with Crippen LogP contribution in [0.25, 0.3) is 6.08 Å². The zero-order valence-corrected chi connectivity index (χ0v) is 21.1. The Balaban J connectivity index is 1.99. The van der Waals surface area contributed by atoms with Gasteiger partial charge in [-0.05, 0) is 55.8 Å². The maximum absolute atomic E-state index is 13.6. The standard InChI is InChI=1S/C25H23ClN2O6S/c1-5-34-24(31)21-13(2)27-25-28(22(21)14-6-9-18(32-3)19(11-14)33-4)23(30)20(35-25)12-15-10-16(26)7-8-17(15)29/h6-12,22,29H,5H2,1-4H3/b20-12-. The summed E-state index contributed by atoms with van der Waals surface area (Å²) in [6.07, 6.45) is 1.56. The molecule has 2 heterocycles. The van der Waals surface area contributed by atoms with E-state index in [1.807, 2.05) is 0 Å². The van der Waals surface area contributed by atoms with Crippen molar-refractivity contribution in [1.29, 1.82) is 0 Å². The Labute approximate surface area is 210 Å². The van der Waals surface area contributed by atoms with Crippen molar-refractivity contribution < 1.29 is 24.1 Å². The Morgan fingerprint density at radius 2 is 1.94 bits per heavy atom. The lowest BCUT2D eigenvalue weighted by molar-refractivity contribution is -0.139. The molecule has 0 saturated carbocycles. The average molecular weight is 515 g/mol. The van der Waals surface area contributed by atoms with Gasteiger partial charge >= 0.3 is 5.97 Å². The number of phenolic OH excluding ortho intramolecular Hbond substituents is 1. The molecule has 0 fully saturated rings. The molecule has 1 N–H and O–H groups in total. The van der Waals surface area contributed by atoms with E-state index < -0.39 is 12.0 Å². The molecule has 3 aromatic rings. The van der Waals surface area contributed by atoms with Gasteiger partial charge < -0.3 is 19.3 Å². The van der Waals surface area contributed by atoms with Gasteiger partial charge in [-0.25, -0.2) is 9.79 Å². The number of nitrogens with zero attached hydrogens (tertiary/aromatic N) is 2. The van der Waals surface area contributed by atoms with E-state index in [1.165, 1.54) is 24.9 Å². The van der Waals surface area contributed by atoms with Crippen molar-refractivity contribution in [2.75, 3.05) is 20.8 Å². The molecule has 1 aliphatic rings. The van der Waals surface area contributed by atoms with E-state index in [9.17, 15) is 14.7 Å². The number of aromatic hydroxyl groups is 1. The summed E-state index contributed by atoms with van der Waals surface area (Å²) in [6, 6.07) is 8.98. The molecule has 0 bridgehead atoms. The SMILES string of the molecule is CCOC(=O)C1=C(C)N=c2s/c(=C\c3cc(Cl)ccc3O)c(=O)n2C1c1ccc(OC)c(OC)c1. The van der Waals surface area contributed by atoms with Gasteiger partial charge in [-0.15, -0.1) is 0 Å². The Morgan fingerprint density at radius 1 is 1.20 bits per heavy atom. The lowest BCUT2D eigenvalue weighted by atomic mass is 9.95. The summed E-state index contributed by atoms with van der Waals surface area (Å²) in [6.45, 7) is 3.60. The minimum atomic E-state index is -0.805. The van der Waals surface area contributed by atoms with Crippen molar-refractivity contribution in [3.8, 4) is 17.2 Å². The number of hydrogen-bond acceptors (Lipinski definition) is 8. The molecule has 2 aromatic carbocycles. The van der Waals surface area contributed by atoms with Crippen LogP contribution in [-0.2, 0) is 9.53 Å². The molecule has 0 amide bonds.